The molecule has 0 amide bonds. The zero-order chi connectivity index (χ0) is 13.2. The average molecular weight is 238 g/mol. The van der Waals surface area contributed by atoms with Crippen molar-refractivity contribution in [2.75, 3.05) is 0 Å². The molecule has 1 fully saturated rings. The molecular weight excluding hydrogens is 204 g/mol. The van der Waals surface area contributed by atoms with Gasteiger partial charge in [0.25, 0.3) is 0 Å². The first kappa shape index (κ1) is 15.1. The van der Waals surface area contributed by atoms with E-state index in [1.165, 1.54) is 25.7 Å². The lowest BCUT2D eigenvalue weighted by atomic mass is 9.54. The molecule has 0 aliphatic heterocycles. The van der Waals surface area contributed by atoms with Crippen LogP contribution in [0.4, 0.5) is 0 Å². The molecule has 0 heteroatoms. The molecule has 1 aliphatic carbocycles. The Bertz CT molecular complexity index is 216. The number of hydrogen-bond acceptors (Lipinski definition) is 0. The fraction of sp³-hybridized carbons (Fsp3) is 1.00. The van der Waals surface area contributed by atoms with Gasteiger partial charge in [-0.2, -0.15) is 0 Å². The van der Waals surface area contributed by atoms with Crippen molar-refractivity contribution in [2.45, 2.75) is 74.1 Å². The van der Waals surface area contributed by atoms with Crippen molar-refractivity contribution >= 4 is 0 Å². The van der Waals surface area contributed by atoms with Gasteiger partial charge in [0.15, 0.2) is 0 Å². The van der Waals surface area contributed by atoms with Crippen molar-refractivity contribution in [1.82, 2.24) is 0 Å². The highest BCUT2D eigenvalue weighted by Crippen LogP contribution is 2.52. The molecule has 0 nitrogen and oxygen atoms in total. The summed E-state index contributed by atoms with van der Waals surface area (Å²) in [6, 6.07) is 0. The second-order valence-electron chi connectivity index (χ2n) is 7.42. The predicted molar refractivity (Wildman–Crippen MR) is 78.1 cm³/mol. The second kappa shape index (κ2) is 5.76. The van der Waals surface area contributed by atoms with E-state index in [1.807, 2.05) is 0 Å². The Balaban J connectivity index is 2.85. The average Bonchev–Trinajstić information content (AvgIpc) is 2.21. The monoisotopic (exact) mass is 238 g/mol. The van der Waals surface area contributed by atoms with E-state index in [0.29, 0.717) is 5.41 Å². The maximum atomic E-state index is 2.52. The molecule has 17 heavy (non-hydrogen) atoms. The summed E-state index contributed by atoms with van der Waals surface area (Å²) in [5.41, 5.74) is 0.501. The minimum atomic E-state index is 0.501. The summed E-state index contributed by atoms with van der Waals surface area (Å²) < 4.78 is 0. The normalized spacial score (nSPS) is 27.4. The van der Waals surface area contributed by atoms with Gasteiger partial charge in [-0.25, -0.2) is 0 Å². The molecule has 0 bridgehead atoms. The molecule has 1 saturated carbocycles. The van der Waals surface area contributed by atoms with Crippen LogP contribution in [0.3, 0.4) is 0 Å². The Hall–Kier alpha value is 0. The van der Waals surface area contributed by atoms with Crippen LogP contribution in [0.25, 0.3) is 0 Å². The third-order valence-corrected chi connectivity index (χ3v) is 5.82. The van der Waals surface area contributed by atoms with Crippen molar-refractivity contribution in [2.24, 2.45) is 35.0 Å². The summed E-state index contributed by atoms with van der Waals surface area (Å²) in [7, 11) is 0. The molecule has 0 aromatic rings. The SMILES string of the molecule is CCC(CC)C(C1CC(C)C1)C(C)(C)C(C)C. The molecule has 1 rings (SSSR count). The van der Waals surface area contributed by atoms with Crippen molar-refractivity contribution < 1.29 is 0 Å². The van der Waals surface area contributed by atoms with E-state index >= 15 is 0 Å². The molecule has 1 aliphatic rings. The molecule has 102 valence electrons. The van der Waals surface area contributed by atoms with Gasteiger partial charge in [-0.05, 0) is 47.8 Å². The molecule has 1 atom stereocenters. The zero-order valence-corrected chi connectivity index (χ0v) is 13.2. The smallest absolute Gasteiger partial charge is 0.0298 e. The van der Waals surface area contributed by atoms with Gasteiger partial charge in [-0.15, -0.1) is 0 Å². The fourth-order valence-electron chi connectivity index (χ4n) is 4.04. The summed E-state index contributed by atoms with van der Waals surface area (Å²) in [6.07, 6.45) is 5.69. The third kappa shape index (κ3) is 3.06. The molecule has 0 aromatic carbocycles. The molecular formula is C17H34. The molecule has 0 N–H and O–H groups in total. The van der Waals surface area contributed by atoms with E-state index in [1.54, 1.807) is 0 Å². The van der Waals surface area contributed by atoms with Crippen LogP contribution in [-0.4, -0.2) is 0 Å². The Morgan fingerprint density at radius 2 is 1.53 bits per heavy atom. The van der Waals surface area contributed by atoms with Crippen LogP contribution in [-0.2, 0) is 0 Å². The minimum Gasteiger partial charge on any atom is -0.0651 e. The van der Waals surface area contributed by atoms with Crippen LogP contribution in [0.1, 0.15) is 74.1 Å². The molecule has 1 unspecified atom stereocenters. The van der Waals surface area contributed by atoms with Gasteiger partial charge in [0.05, 0.1) is 0 Å². The Kier molecular flexibility index (Phi) is 5.10. The lowest BCUT2D eigenvalue weighted by Crippen LogP contribution is -2.44. The highest BCUT2D eigenvalue weighted by molar-refractivity contribution is 4.94. The Morgan fingerprint density at radius 3 is 1.82 bits per heavy atom. The van der Waals surface area contributed by atoms with Gasteiger partial charge < -0.3 is 0 Å². The predicted octanol–water partition coefficient (Wildman–Crippen LogP) is 5.77. The van der Waals surface area contributed by atoms with Crippen molar-refractivity contribution in [3.05, 3.63) is 0 Å². The zero-order valence-electron chi connectivity index (χ0n) is 13.2. The van der Waals surface area contributed by atoms with Gasteiger partial charge in [0.1, 0.15) is 0 Å². The van der Waals surface area contributed by atoms with Crippen LogP contribution in [0.5, 0.6) is 0 Å². The topological polar surface area (TPSA) is 0 Å². The summed E-state index contributed by atoms with van der Waals surface area (Å²) in [5.74, 6) is 4.66. The van der Waals surface area contributed by atoms with Gasteiger partial charge in [0, 0.05) is 0 Å². The quantitative estimate of drug-likeness (QED) is 0.551. The first-order valence-electron chi connectivity index (χ1n) is 7.84. The highest BCUT2D eigenvalue weighted by atomic mass is 14.5. The molecule has 0 radical (unpaired) electrons. The van der Waals surface area contributed by atoms with E-state index in [9.17, 15) is 0 Å². The summed E-state index contributed by atoms with van der Waals surface area (Å²) in [5, 5.41) is 0. The van der Waals surface area contributed by atoms with Crippen LogP contribution in [0, 0.1) is 35.0 Å². The van der Waals surface area contributed by atoms with Gasteiger partial charge in [0.2, 0.25) is 0 Å². The van der Waals surface area contributed by atoms with E-state index < -0.39 is 0 Å². The maximum Gasteiger partial charge on any atom is -0.0298 e. The Labute approximate surface area is 110 Å². The van der Waals surface area contributed by atoms with E-state index in [-0.39, 0.29) is 0 Å². The first-order valence-corrected chi connectivity index (χ1v) is 7.84. The fourth-order valence-corrected chi connectivity index (χ4v) is 4.04. The van der Waals surface area contributed by atoms with Gasteiger partial charge in [-0.1, -0.05) is 61.3 Å². The second-order valence-corrected chi connectivity index (χ2v) is 7.42. The number of rotatable bonds is 6. The van der Waals surface area contributed by atoms with E-state index in [4.69, 9.17) is 0 Å². The Morgan fingerprint density at radius 1 is 1.06 bits per heavy atom. The van der Waals surface area contributed by atoms with Crippen molar-refractivity contribution in [1.29, 1.82) is 0 Å². The third-order valence-electron chi connectivity index (χ3n) is 5.82. The number of hydrogen-bond donors (Lipinski definition) is 0. The van der Waals surface area contributed by atoms with E-state index in [0.717, 1.165) is 29.6 Å². The van der Waals surface area contributed by atoms with Crippen LogP contribution < -0.4 is 0 Å². The van der Waals surface area contributed by atoms with Crippen LogP contribution in [0.15, 0.2) is 0 Å². The van der Waals surface area contributed by atoms with Crippen molar-refractivity contribution in [3.8, 4) is 0 Å². The molecule has 0 aromatic heterocycles. The lowest BCUT2D eigenvalue weighted by Gasteiger charge is -2.51. The summed E-state index contributed by atoms with van der Waals surface area (Å²) in [6.45, 7) is 17.1. The summed E-state index contributed by atoms with van der Waals surface area (Å²) in [4.78, 5) is 0. The molecule has 0 spiro atoms. The minimum absolute atomic E-state index is 0.501. The standard InChI is InChI=1S/C17H34/c1-8-14(9-2)16(15-10-13(5)11-15)17(6,7)12(3)4/h12-16H,8-11H2,1-7H3. The molecule has 0 heterocycles. The van der Waals surface area contributed by atoms with Gasteiger partial charge >= 0.3 is 0 Å². The first-order chi connectivity index (χ1) is 7.84. The summed E-state index contributed by atoms with van der Waals surface area (Å²) >= 11 is 0. The van der Waals surface area contributed by atoms with Crippen LogP contribution in [0.2, 0.25) is 0 Å². The highest BCUT2D eigenvalue weighted by Gasteiger charge is 2.44. The lowest BCUT2D eigenvalue weighted by molar-refractivity contribution is -0.0211. The molecule has 0 saturated heterocycles. The van der Waals surface area contributed by atoms with Crippen LogP contribution >= 0.6 is 0 Å². The largest absolute Gasteiger partial charge is 0.0651 e. The van der Waals surface area contributed by atoms with Crippen molar-refractivity contribution in [3.63, 3.8) is 0 Å². The maximum absolute atomic E-state index is 2.52. The van der Waals surface area contributed by atoms with E-state index in [2.05, 4.69) is 48.5 Å². The van der Waals surface area contributed by atoms with Gasteiger partial charge in [-0.3, -0.25) is 0 Å².